The van der Waals surface area contributed by atoms with Crippen molar-refractivity contribution < 1.29 is 4.74 Å². The van der Waals surface area contributed by atoms with Crippen molar-refractivity contribution in [2.75, 3.05) is 0 Å². The summed E-state index contributed by atoms with van der Waals surface area (Å²) in [7, 11) is 0. The number of nitrogens with zero attached hydrogens (tertiary/aromatic N) is 2. The highest BCUT2D eigenvalue weighted by Gasteiger charge is 2.03. The van der Waals surface area contributed by atoms with Crippen LogP contribution in [0.15, 0.2) is 42.9 Å². The molecule has 1 heterocycles. The van der Waals surface area contributed by atoms with Crippen LogP contribution < -0.4 is 4.74 Å². The molecule has 90 valence electrons. The van der Waals surface area contributed by atoms with Crippen molar-refractivity contribution in [3.8, 4) is 11.6 Å². The molecule has 0 radical (unpaired) electrons. The molecule has 0 saturated heterocycles. The molecule has 1 aromatic heterocycles. The monoisotopic (exact) mass is 230 g/mol. The fraction of sp³-hybridized carbons (Fsp3) is 0.357. The molecule has 3 heteroatoms. The van der Waals surface area contributed by atoms with Gasteiger partial charge in [0.15, 0.2) is 0 Å². The lowest BCUT2D eigenvalue weighted by molar-refractivity contribution is 0.422. The molecule has 0 aliphatic heterocycles. The van der Waals surface area contributed by atoms with Gasteiger partial charge in [-0.2, -0.15) is 0 Å². The molecule has 0 amide bonds. The second-order valence-corrected chi connectivity index (χ2v) is 4.05. The van der Waals surface area contributed by atoms with E-state index < -0.39 is 0 Å². The van der Waals surface area contributed by atoms with Gasteiger partial charge in [0.1, 0.15) is 5.75 Å². The third kappa shape index (κ3) is 3.34. The van der Waals surface area contributed by atoms with Crippen LogP contribution >= 0.6 is 0 Å². The molecular weight excluding hydrogens is 212 g/mol. The van der Waals surface area contributed by atoms with Crippen molar-refractivity contribution in [1.29, 1.82) is 0 Å². The number of hydrogen-bond donors (Lipinski definition) is 0. The maximum absolute atomic E-state index is 5.78. The molecule has 0 aliphatic carbocycles. The van der Waals surface area contributed by atoms with E-state index in [4.69, 9.17) is 4.74 Å². The van der Waals surface area contributed by atoms with Gasteiger partial charge in [0.2, 0.25) is 5.88 Å². The first-order valence-corrected chi connectivity index (χ1v) is 6.13. The number of unbranched alkanes of at least 4 members (excludes halogenated alkanes) is 2. The number of hydrogen-bond acceptors (Lipinski definition) is 2. The van der Waals surface area contributed by atoms with Gasteiger partial charge in [-0.3, -0.25) is 0 Å². The van der Waals surface area contributed by atoms with Gasteiger partial charge >= 0.3 is 0 Å². The van der Waals surface area contributed by atoms with Crippen LogP contribution in [0.25, 0.3) is 0 Å². The standard InChI is InChI=1S/C14H18N2O/c1-2-3-7-10-16-12-15-11-14(16)17-13-8-5-4-6-9-13/h4-6,8-9,11-12H,2-3,7,10H2,1H3. The van der Waals surface area contributed by atoms with Crippen LogP contribution in [-0.4, -0.2) is 9.55 Å². The Balaban J connectivity index is 1.99. The molecule has 2 aromatic rings. The van der Waals surface area contributed by atoms with Crippen LogP contribution in [0.4, 0.5) is 0 Å². The maximum Gasteiger partial charge on any atom is 0.219 e. The number of aromatic nitrogens is 2. The molecule has 0 atom stereocenters. The maximum atomic E-state index is 5.78. The van der Waals surface area contributed by atoms with E-state index >= 15 is 0 Å². The lowest BCUT2D eigenvalue weighted by Gasteiger charge is -2.08. The summed E-state index contributed by atoms with van der Waals surface area (Å²) >= 11 is 0. The molecule has 2 rings (SSSR count). The first kappa shape index (κ1) is 11.7. The smallest absolute Gasteiger partial charge is 0.219 e. The minimum absolute atomic E-state index is 0.812. The summed E-state index contributed by atoms with van der Waals surface area (Å²) in [5.41, 5.74) is 0. The first-order valence-electron chi connectivity index (χ1n) is 6.13. The van der Waals surface area contributed by atoms with Gasteiger partial charge in [0.25, 0.3) is 0 Å². The number of aryl methyl sites for hydroxylation is 1. The Morgan fingerprint density at radius 1 is 1.18 bits per heavy atom. The van der Waals surface area contributed by atoms with Crippen molar-refractivity contribution in [3.63, 3.8) is 0 Å². The number of para-hydroxylation sites is 1. The van der Waals surface area contributed by atoms with Gasteiger partial charge in [-0.05, 0) is 18.6 Å². The van der Waals surface area contributed by atoms with Crippen LogP contribution in [0.1, 0.15) is 26.2 Å². The summed E-state index contributed by atoms with van der Waals surface area (Å²) in [4.78, 5) is 4.13. The van der Waals surface area contributed by atoms with Crippen LogP contribution in [0.2, 0.25) is 0 Å². The van der Waals surface area contributed by atoms with Crippen LogP contribution in [0.5, 0.6) is 11.6 Å². The summed E-state index contributed by atoms with van der Waals surface area (Å²) in [5.74, 6) is 1.66. The van der Waals surface area contributed by atoms with Crippen molar-refractivity contribution in [3.05, 3.63) is 42.9 Å². The Hall–Kier alpha value is -1.77. The minimum Gasteiger partial charge on any atom is -0.439 e. The molecule has 3 nitrogen and oxygen atoms in total. The van der Waals surface area contributed by atoms with Gasteiger partial charge in [0.05, 0.1) is 12.5 Å². The first-order chi connectivity index (χ1) is 8.40. The average Bonchev–Trinajstić information content (AvgIpc) is 2.79. The number of benzene rings is 1. The van der Waals surface area contributed by atoms with Crippen LogP contribution in [0, 0.1) is 0 Å². The predicted octanol–water partition coefficient (Wildman–Crippen LogP) is 3.87. The Labute approximate surface area is 102 Å². The zero-order chi connectivity index (χ0) is 11.9. The van der Waals surface area contributed by atoms with Gasteiger partial charge in [-0.25, -0.2) is 4.98 Å². The average molecular weight is 230 g/mol. The Kier molecular flexibility index (Phi) is 4.19. The fourth-order valence-electron chi connectivity index (χ4n) is 1.70. The number of imidazole rings is 1. The molecule has 0 saturated carbocycles. The molecule has 0 fully saturated rings. The van der Waals surface area contributed by atoms with Gasteiger partial charge in [0, 0.05) is 6.54 Å². The summed E-state index contributed by atoms with van der Waals surface area (Å²) in [6.45, 7) is 3.17. The summed E-state index contributed by atoms with van der Waals surface area (Å²) in [6, 6.07) is 9.80. The topological polar surface area (TPSA) is 27.1 Å². The van der Waals surface area contributed by atoms with Crippen molar-refractivity contribution in [1.82, 2.24) is 9.55 Å². The highest BCUT2D eigenvalue weighted by atomic mass is 16.5. The number of ether oxygens (including phenoxy) is 1. The van der Waals surface area contributed by atoms with E-state index in [-0.39, 0.29) is 0 Å². The molecule has 17 heavy (non-hydrogen) atoms. The van der Waals surface area contributed by atoms with E-state index in [0.29, 0.717) is 0 Å². The minimum atomic E-state index is 0.812. The van der Waals surface area contributed by atoms with E-state index in [1.54, 1.807) is 6.20 Å². The molecule has 1 aromatic carbocycles. The Morgan fingerprint density at radius 3 is 2.76 bits per heavy atom. The molecule has 0 N–H and O–H groups in total. The van der Waals surface area contributed by atoms with E-state index in [2.05, 4.69) is 16.5 Å². The lowest BCUT2D eigenvalue weighted by Crippen LogP contribution is -1.99. The van der Waals surface area contributed by atoms with E-state index in [1.807, 2.05) is 36.7 Å². The lowest BCUT2D eigenvalue weighted by atomic mass is 10.2. The molecule has 0 unspecified atom stereocenters. The van der Waals surface area contributed by atoms with Gasteiger partial charge in [-0.15, -0.1) is 0 Å². The molecule has 0 bridgehead atoms. The highest BCUT2D eigenvalue weighted by Crippen LogP contribution is 2.20. The van der Waals surface area contributed by atoms with E-state index in [0.717, 1.165) is 24.6 Å². The largest absolute Gasteiger partial charge is 0.439 e. The Morgan fingerprint density at radius 2 is 2.00 bits per heavy atom. The van der Waals surface area contributed by atoms with Gasteiger partial charge in [-0.1, -0.05) is 38.0 Å². The molecule has 0 aliphatic rings. The SMILES string of the molecule is CCCCCn1cncc1Oc1ccccc1. The second-order valence-electron chi connectivity index (χ2n) is 4.05. The molecular formula is C14H18N2O. The third-order valence-electron chi connectivity index (χ3n) is 2.64. The van der Waals surface area contributed by atoms with Crippen molar-refractivity contribution in [2.24, 2.45) is 0 Å². The van der Waals surface area contributed by atoms with E-state index in [9.17, 15) is 0 Å². The Bertz CT molecular complexity index is 436. The number of rotatable bonds is 6. The van der Waals surface area contributed by atoms with Crippen molar-refractivity contribution >= 4 is 0 Å². The quantitative estimate of drug-likeness (QED) is 0.704. The van der Waals surface area contributed by atoms with Crippen molar-refractivity contribution in [2.45, 2.75) is 32.7 Å². The third-order valence-corrected chi connectivity index (χ3v) is 2.64. The molecule has 0 spiro atoms. The van der Waals surface area contributed by atoms with Crippen LogP contribution in [0.3, 0.4) is 0 Å². The van der Waals surface area contributed by atoms with Crippen LogP contribution in [-0.2, 0) is 6.54 Å². The zero-order valence-corrected chi connectivity index (χ0v) is 10.2. The summed E-state index contributed by atoms with van der Waals surface area (Å²) in [6.07, 6.45) is 7.22. The summed E-state index contributed by atoms with van der Waals surface area (Å²) in [5, 5.41) is 0. The fourth-order valence-corrected chi connectivity index (χ4v) is 1.70. The second kappa shape index (κ2) is 6.09. The highest BCUT2D eigenvalue weighted by molar-refractivity contribution is 5.25. The summed E-state index contributed by atoms with van der Waals surface area (Å²) < 4.78 is 7.84. The zero-order valence-electron chi connectivity index (χ0n) is 10.2. The van der Waals surface area contributed by atoms with E-state index in [1.165, 1.54) is 12.8 Å². The normalized spacial score (nSPS) is 10.4. The van der Waals surface area contributed by atoms with Gasteiger partial charge < -0.3 is 9.30 Å². The predicted molar refractivity (Wildman–Crippen MR) is 68.3 cm³/mol.